The van der Waals surface area contributed by atoms with Crippen LogP contribution in [0.25, 0.3) is 0 Å². The molecular formula is C17H27FN2O. The standard InChI is InChI=1S/C17H27FN2O/c1-13-4-5-14(12-16(13)18)17(19-2)8-11-20-9-6-15(21-3)7-10-20/h4-5,12,15,17,19H,6-11H2,1-3H3. The summed E-state index contributed by atoms with van der Waals surface area (Å²) in [7, 11) is 3.74. The van der Waals surface area contributed by atoms with E-state index < -0.39 is 0 Å². The van der Waals surface area contributed by atoms with Crippen molar-refractivity contribution < 1.29 is 9.13 Å². The minimum Gasteiger partial charge on any atom is -0.381 e. The van der Waals surface area contributed by atoms with Crippen molar-refractivity contribution in [2.75, 3.05) is 33.8 Å². The first kappa shape index (κ1) is 16.4. The number of likely N-dealkylation sites (tertiary alicyclic amines) is 1. The summed E-state index contributed by atoms with van der Waals surface area (Å²) in [5.74, 6) is -0.117. The minimum atomic E-state index is -0.117. The molecule has 21 heavy (non-hydrogen) atoms. The molecule has 1 saturated heterocycles. The molecule has 3 nitrogen and oxygen atoms in total. The maximum atomic E-state index is 13.7. The SMILES string of the molecule is CNC(CCN1CCC(OC)CC1)c1ccc(C)c(F)c1. The number of ether oxygens (including phenoxy) is 1. The van der Waals surface area contributed by atoms with Crippen LogP contribution >= 0.6 is 0 Å². The van der Waals surface area contributed by atoms with Gasteiger partial charge in [-0.25, -0.2) is 4.39 Å². The molecule has 1 N–H and O–H groups in total. The zero-order valence-electron chi connectivity index (χ0n) is 13.4. The van der Waals surface area contributed by atoms with E-state index in [1.807, 2.05) is 19.2 Å². The average Bonchev–Trinajstić information content (AvgIpc) is 2.52. The third-order valence-electron chi connectivity index (χ3n) is 4.55. The topological polar surface area (TPSA) is 24.5 Å². The molecule has 1 heterocycles. The van der Waals surface area contributed by atoms with E-state index in [1.54, 1.807) is 20.1 Å². The molecule has 1 aromatic rings. The molecule has 1 unspecified atom stereocenters. The zero-order chi connectivity index (χ0) is 15.2. The molecule has 0 aromatic heterocycles. The summed E-state index contributed by atoms with van der Waals surface area (Å²) < 4.78 is 19.1. The van der Waals surface area contributed by atoms with Crippen LogP contribution in [0.2, 0.25) is 0 Å². The largest absolute Gasteiger partial charge is 0.381 e. The van der Waals surface area contributed by atoms with Gasteiger partial charge in [0.05, 0.1) is 6.10 Å². The van der Waals surface area contributed by atoms with E-state index in [0.717, 1.165) is 44.5 Å². The Morgan fingerprint density at radius 1 is 1.38 bits per heavy atom. The van der Waals surface area contributed by atoms with Crippen LogP contribution in [0.5, 0.6) is 0 Å². The van der Waals surface area contributed by atoms with E-state index in [0.29, 0.717) is 11.7 Å². The number of hydrogen-bond donors (Lipinski definition) is 1. The van der Waals surface area contributed by atoms with Crippen LogP contribution in [0.4, 0.5) is 4.39 Å². The number of methoxy groups -OCH3 is 1. The molecule has 0 saturated carbocycles. The second-order valence-electron chi connectivity index (χ2n) is 5.92. The predicted molar refractivity (Wildman–Crippen MR) is 84.0 cm³/mol. The van der Waals surface area contributed by atoms with Crippen molar-refractivity contribution in [2.45, 2.75) is 38.3 Å². The van der Waals surface area contributed by atoms with E-state index in [-0.39, 0.29) is 11.9 Å². The Morgan fingerprint density at radius 3 is 2.67 bits per heavy atom. The molecule has 0 amide bonds. The lowest BCUT2D eigenvalue weighted by Crippen LogP contribution is -2.38. The number of rotatable bonds is 6. The van der Waals surface area contributed by atoms with Gasteiger partial charge in [0.2, 0.25) is 0 Å². The monoisotopic (exact) mass is 294 g/mol. The van der Waals surface area contributed by atoms with Gasteiger partial charge in [-0.1, -0.05) is 12.1 Å². The predicted octanol–water partition coefficient (Wildman–Crippen LogP) is 2.90. The highest BCUT2D eigenvalue weighted by Crippen LogP contribution is 2.21. The van der Waals surface area contributed by atoms with Gasteiger partial charge in [0.25, 0.3) is 0 Å². The van der Waals surface area contributed by atoms with Crippen molar-refractivity contribution in [3.05, 3.63) is 35.1 Å². The van der Waals surface area contributed by atoms with Gasteiger partial charge in [-0.05, 0) is 57.0 Å². The summed E-state index contributed by atoms with van der Waals surface area (Å²) in [5.41, 5.74) is 1.74. The second kappa shape index (κ2) is 7.87. The van der Waals surface area contributed by atoms with Gasteiger partial charge in [0.15, 0.2) is 0 Å². The Kier molecular flexibility index (Phi) is 6.15. The molecule has 1 aliphatic rings. The number of nitrogens with zero attached hydrogens (tertiary/aromatic N) is 1. The molecule has 118 valence electrons. The number of hydrogen-bond acceptors (Lipinski definition) is 3. The van der Waals surface area contributed by atoms with Gasteiger partial charge in [-0.2, -0.15) is 0 Å². The Labute approximate surface area is 127 Å². The lowest BCUT2D eigenvalue weighted by molar-refractivity contribution is 0.0401. The van der Waals surface area contributed by atoms with E-state index >= 15 is 0 Å². The zero-order valence-corrected chi connectivity index (χ0v) is 13.4. The average molecular weight is 294 g/mol. The van der Waals surface area contributed by atoms with Gasteiger partial charge in [-0.15, -0.1) is 0 Å². The molecule has 1 aromatic carbocycles. The van der Waals surface area contributed by atoms with Gasteiger partial charge in [0.1, 0.15) is 5.82 Å². The van der Waals surface area contributed by atoms with Gasteiger partial charge < -0.3 is 15.0 Å². The lowest BCUT2D eigenvalue weighted by Gasteiger charge is -2.32. The smallest absolute Gasteiger partial charge is 0.126 e. The summed E-state index contributed by atoms with van der Waals surface area (Å²) in [6.45, 7) is 5.03. The number of halogens is 1. The molecule has 0 radical (unpaired) electrons. The molecular weight excluding hydrogens is 267 g/mol. The van der Waals surface area contributed by atoms with E-state index in [4.69, 9.17) is 4.74 Å². The van der Waals surface area contributed by atoms with E-state index in [9.17, 15) is 4.39 Å². The van der Waals surface area contributed by atoms with Crippen LogP contribution < -0.4 is 5.32 Å². The van der Waals surface area contributed by atoms with Crippen LogP contribution in [0.1, 0.15) is 36.4 Å². The maximum Gasteiger partial charge on any atom is 0.126 e. The fraction of sp³-hybridized carbons (Fsp3) is 0.647. The van der Waals surface area contributed by atoms with Crippen molar-refractivity contribution in [1.82, 2.24) is 10.2 Å². The third kappa shape index (κ3) is 4.50. The Hall–Kier alpha value is -0.970. The molecule has 4 heteroatoms. The molecule has 1 aliphatic heterocycles. The van der Waals surface area contributed by atoms with Gasteiger partial charge >= 0.3 is 0 Å². The molecule has 0 aliphatic carbocycles. The van der Waals surface area contributed by atoms with Crippen LogP contribution in [-0.2, 0) is 4.74 Å². The summed E-state index contributed by atoms with van der Waals surface area (Å²) >= 11 is 0. The van der Waals surface area contributed by atoms with Crippen LogP contribution in [-0.4, -0.2) is 44.8 Å². The van der Waals surface area contributed by atoms with Crippen LogP contribution in [0, 0.1) is 12.7 Å². The fourth-order valence-electron chi connectivity index (χ4n) is 2.98. The van der Waals surface area contributed by atoms with E-state index in [2.05, 4.69) is 10.2 Å². The maximum absolute atomic E-state index is 13.7. The fourth-order valence-corrected chi connectivity index (χ4v) is 2.98. The summed E-state index contributed by atoms with van der Waals surface area (Å²) in [6, 6.07) is 5.75. The highest BCUT2D eigenvalue weighted by molar-refractivity contribution is 5.25. The normalized spacial score (nSPS) is 18.9. The minimum absolute atomic E-state index is 0.117. The third-order valence-corrected chi connectivity index (χ3v) is 4.55. The van der Waals surface area contributed by atoms with Crippen molar-refractivity contribution in [3.63, 3.8) is 0 Å². The van der Waals surface area contributed by atoms with Crippen molar-refractivity contribution >= 4 is 0 Å². The van der Waals surface area contributed by atoms with Crippen molar-refractivity contribution in [1.29, 1.82) is 0 Å². The molecule has 1 fully saturated rings. The molecule has 0 spiro atoms. The second-order valence-corrected chi connectivity index (χ2v) is 5.92. The van der Waals surface area contributed by atoms with Gasteiger partial charge in [-0.3, -0.25) is 0 Å². The highest BCUT2D eigenvalue weighted by Gasteiger charge is 2.19. The van der Waals surface area contributed by atoms with Crippen LogP contribution in [0.3, 0.4) is 0 Å². The van der Waals surface area contributed by atoms with Crippen molar-refractivity contribution in [3.8, 4) is 0 Å². The Morgan fingerprint density at radius 2 is 2.10 bits per heavy atom. The first-order chi connectivity index (χ1) is 10.1. The number of piperidine rings is 1. The van der Waals surface area contributed by atoms with Crippen LogP contribution in [0.15, 0.2) is 18.2 Å². The Bertz CT molecular complexity index is 444. The molecule has 2 rings (SSSR count). The summed E-state index contributed by atoms with van der Waals surface area (Å²) in [6.07, 6.45) is 3.64. The highest BCUT2D eigenvalue weighted by atomic mass is 19.1. The summed E-state index contributed by atoms with van der Waals surface area (Å²) in [5, 5.41) is 3.31. The number of benzene rings is 1. The first-order valence-electron chi connectivity index (χ1n) is 7.82. The number of nitrogens with one attached hydrogen (secondary N) is 1. The van der Waals surface area contributed by atoms with Crippen molar-refractivity contribution in [2.24, 2.45) is 0 Å². The molecule has 1 atom stereocenters. The number of aryl methyl sites for hydroxylation is 1. The van der Waals surface area contributed by atoms with Gasteiger partial charge in [0, 0.05) is 26.2 Å². The summed E-state index contributed by atoms with van der Waals surface area (Å²) in [4.78, 5) is 2.48. The quantitative estimate of drug-likeness (QED) is 0.873. The molecule has 0 bridgehead atoms. The Balaban J connectivity index is 1.86. The van der Waals surface area contributed by atoms with E-state index in [1.165, 1.54) is 0 Å². The lowest BCUT2D eigenvalue weighted by atomic mass is 10.0. The first-order valence-corrected chi connectivity index (χ1v) is 7.82.